The molecule has 0 spiro atoms. The van der Waals surface area contributed by atoms with Gasteiger partial charge in [-0.25, -0.2) is 16.8 Å². The van der Waals surface area contributed by atoms with Gasteiger partial charge in [-0.05, 0) is 55.9 Å². The zero-order valence-electron chi connectivity index (χ0n) is 14.8. The summed E-state index contributed by atoms with van der Waals surface area (Å²) < 4.78 is 54.0. The highest BCUT2D eigenvalue weighted by Gasteiger charge is 2.38. The van der Waals surface area contributed by atoms with Crippen LogP contribution in [0.3, 0.4) is 0 Å². The fourth-order valence-electron chi connectivity index (χ4n) is 3.16. The third kappa shape index (κ3) is 3.92. The Labute approximate surface area is 150 Å². The number of benzene rings is 1. The smallest absolute Gasteiger partial charge is 0.207 e. The lowest BCUT2D eigenvalue weighted by Gasteiger charge is -2.24. The van der Waals surface area contributed by atoms with Gasteiger partial charge in [-0.15, -0.1) is 0 Å². The van der Waals surface area contributed by atoms with Crippen LogP contribution in [0.4, 0.5) is 0 Å². The fourth-order valence-corrected chi connectivity index (χ4v) is 6.53. The molecule has 1 aliphatic heterocycles. The van der Waals surface area contributed by atoms with E-state index in [2.05, 4.69) is 0 Å². The summed E-state index contributed by atoms with van der Waals surface area (Å²) in [6, 6.07) is 5.77. The second kappa shape index (κ2) is 6.98. The normalized spacial score (nSPS) is 19.8. The maximum atomic E-state index is 12.9. The van der Waals surface area contributed by atoms with Gasteiger partial charge in [0.1, 0.15) is 0 Å². The van der Waals surface area contributed by atoms with E-state index in [9.17, 15) is 16.8 Å². The van der Waals surface area contributed by atoms with Gasteiger partial charge in [-0.3, -0.25) is 0 Å². The molecule has 0 unspecified atom stereocenters. The number of hydrogen-bond donors (Lipinski definition) is 0. The standard InChI is InChI=1S/C17H26N2O4S2/c1-14(2)13-19(15-5-6-15)25(22,23)17-9-7-16(8-10-17)24(20,21)18-11-3-4-12-18/h7-10,14-15H,3-6,11-13H2,1-2H3. The van der Waals surface area contributed by atoms with Gasteiger partial charge < -0.3 is 0 Å². The zero-order chi connectivity index (χ0) is 18.2. The summed E-state index contributed by atoms with van der Waals surface area (Å²) in [5, 5.41) is 0. The Bertz CT molecular complexity index is 807. The second-order valence-electron chi connectivity index (χ2n) is 7.28. The van der Waals surface area contributed by atoms with Crippen LogP contribution in [0.15, 0.2) is 34.1 Å². The molecule has 0 amide bonds. The minimum atomic E-state index is -3.59. The summed E-state index contributed by atoms with van der Waals surface area (Å²) in [6.45, 7) is 5.55. The van der Waals surface area contributed by atoms with Crippen molar-refractivity contribution >= 4 is 20.0 Å². The number of nitrogens with zero attached hydrogens (tertiary/aromatic N) is 2. The molecule has 1 saturated heterocycles. The molecule has 1 aromatic carbocycles. The quantitative estimate of drug-likeness (QED) is 0.720. The predicted octanol–water partition coefficient (Wildman–Crippen LogP) is 2.28. The molecule has 2 aliphatic rings. The largest absolute Gasteiger partial charge is 0.243 e. The zero-order valence-corrected chi connectivity index (χ0v) is 16.4. The SMILES string of the molecule is CC(C)CN(C1CC1)S(=O)(=O)c1ccc(S(=O)(=O)N2CCCC2)cc1. The van der Waals surface area contributed by atoms with Crippen LogP contribution in [-0.2, 0) is 20.0 Å². The Balaban J connectivity index is 1.86. The Kier molecular flexibility index (Phi) is 5.26. The van der Waals surface area contributed by atoms with Crippen molar-refractivity contribution in [1.29, 1.82) is 0 Å². The van der Waals surface area contributed by atoms with Crippen LogP contribution in [0.5, 0.6) is 0 Å². The minimum absolute atomic E-state index is 0.0837. The van der Waals surface area contributed by atoms with Gasteiger partial charge in [-0.1, -0.05) is 13.8 Å². The van der Waals surface area contributed by atoms with Gasteiger partial charge >= 0.3 is 0 Å². The average Bonchev–Trinajstić information content (AvgIpc) is 3.24. The summed E-state index contributed by atoms with van der Waals surface area (Å²) in [4.78, 5) is 0.329. The lowest BCUT2D eigenvalue weighted by molar-refractivity contribution is 0.360. The van der Waals surface area contributed by atoms with E-state index in [4.69, 9.17) is 0 Å². The third-order valence-electron chi connectivity index (χ3n) is 4.63. The minimum Gasteiger partial charge on any atom is -0.207 e. The summed E-state index contributed by atoms with van der Waals surface area (Å²) in [6.07, 6.45) is 3.54. The van der Waals surface area contributed by atoms with Crippen molar-refractivity contribution in [2.75, 3.05) is 19.6 Å². The van der Waals surface area contributed by atoms with Crippen LogP contribution < -0.4 is 0 Å². The van der Waals surface area contributed by atoms with Crippen molar-refractivity contribution < 1.29 is 16.8 Å². The number of sulfonamides is 2. The second-order valence-corrected chi connectivity index (χ2v) is 11.1. The average molecular weight is 387 g/mol. The Morgan fingerprint density at radius 3 is 2.00 bits per heavy atom. The lowest BCUT2D eigenvalue weighted by Crippen LogP contribution is -2.36. The first-order chi connectivity index (χ1) is 11.7. The molecule has 0 aromatic heterocycles. The van der Waals surface area contributed by atoms with E-state index >= 15 is 0 Å². The number of hydrogen-bond acceptors (Lipinski definition) is 4. The van der Waals surface area contributed by atoms with Gasteiger partial charge in [-0.2, -0.15) is 8.61 Å². The molecule has 2 fully saturated rings. The molecule has 1 aliphatic carbocycles. The Hall–Kier alpha value is -0.960. The van der Waals surface area contributed by atoms with E-state index in [0.29, 0.717) is 19.6 Å². The van der Waals surface area contributed by atoms with Gasteiger partial charge in [0.05, 0.1) is 9.79 Å². The maximum Gasteiger partial charge on any atom is 0.243 e. The Morgan fingerprint density at radius 1 is 1.00 bits per heavy atom. The highest BCUT2D eigenvalue weighted by atomic mass is 32.2. The monoisotopic (exact) mass is 386 g/mol. The predicted molar refractivity (Wildman–Crippen MR) is 96.2 cm³/mol. The van der Waals surface area contributed by atoms with E-state index < -0.39 is 20.0 Å². The topological polar surface area (TPSA) is 74.8 Å². The molecule has 140 valence electrons. The molecule has 0 N–H and O–H groups in total. The van der Waals surface area contributed by atoms with Crippen molar-refractivity contribution in [3.63, 3.8) is 0 Å². The van der Waals surface area contributed by atoms with Gasteiger partial charge in [0.2, 0.25) is 20.0 Å². The van der Waals surface area contributed by atoms with Crippen molar-refractivity contribution in [1.82, 2.24) is 8.61 Å². The van der Waals surface area contributed by atoms with Gasteiger partial charge in [0.15, 0.2) is 0 Å². The molecule has 1 saturated carbocycles. The molecular formula is C17H26N2O4S2. The van der Waals surface area contributed by atoms with Crippen LogP contribution in [0.25, 0.3) is 0 Å². The van der Waals surface area contributed by atoms with Crippen molar-refractivity contribution in [2.24, 2.45) is 5.92 Å². The van der Waals surface area contributed by atoms with Gasteiger partial charge in [0, 0.05) is 25.7 Å². The summed E-state index contributed by atoms with van der Waals surface area (Å²) in [5.74, 6) is 0.241. The molecule has 25 heavy (non-hydrogen) atoms. The van der Waals surface area contributed by atoms with E-state index in [1.165, 1.54) is 28.6 Å². The highest BCUT2D eigenvalue weighted by molar-refractivity contribution is 7.89. The highest BCUT2D eigenvalue weighted by Crippen LogP contribution is 2.33. The van der Waals surface area contributed by atoms with Crippen molar-refractivity contribution in [3.8, 4) is 0 Å². The van der Waals surface area contributed by atoms with E-state index in [-0.39, 0.29) is 21.8 Å². The molecule has 1 heterocycles. The first-order valence-electron chi connectivity index (χ1n) is 8.85. The van der Waals surface area contributed by atoms with Crippen LogP contribution in [0.2, 0.25) is 0 Å². The Morgan fingerprint density at radius 2 is 1.52 bits per heavy atom. The summed E-state index contributed by atoms with van der Waals surface area (Å²) in [7, 11) is -7.11. The summed E-state index contributed by atoms with van der Waals surface area (Å²) in [5.41, 5.74) is 0. The van der Waals surface area contributed by atoms with E-state index in [1.54, 1.807) is 4.31 Å². The molecular weight excluding hydrogens is 360 g/mol. The van der Waals surface area contributed by atoms with Crippen LogP contribution in [0.1, 0.15) is 39.5 Å². The first kappa shape index (κ1) is 18.8. The van der Waals surface area contributed by atoms with E-state index in [0.717, 1.165) is 25.7 Å². The molecule has 0 bridgehead atoms. The summed E-state index contributed by atoms with van der Waals surface area (Å²) >= 11 is 0. The third-order valence-corrected chi connectivity index (χ3v) is 8.48. The van der Waals surface area contributed by atoms with Gasteiger partial charge in [0.25, 0.3) is 0 Å². The molecule has 8 heteroatoms. The lowest BCUT2D eigenvalue weighted by atomic mass is 10.2. The maximum absolute atomic E-state index is 12.9. The molecule has 0 radical (unpaired) electrons. The fraction of sp³-hybridized carbons (Fsp3) is 0.647. The van der Waals surface area contributed by atoms with Crippen LogP contribution in [-0.4, -0.2) is 51.1 Å². The van der Waals surface area contributed by atoms with Crippen molar-refractivity contribution in [2.45, 2.75) is 55.4 Å². The van der Waals surface area contributed by atoms with E-state index in [1.807, 2.05) is 13.8 Å². The first-order valence-corrected chi connectivity index (χ1v) is 11.7. The van der Waals surface area contributed by atoms with Crippen LogP contribution >= 0.6 is 0 Å². The number of rotatable bonds is 7. The van der Waals surface area contributed by atoms with Crippen molar-refractivity contribution in [3.05, 3.63) is 24.3 Å². The molecule has 0 atom stereocenters. The molecule has 6 nitrogen and oxygen atoms in total. The van der Waals surface area contributed by atoms with Crippen LogP contribution in [0, 0.1) is 5.92 Å². The molecule has 3 rings (SSSR count). The molecule has 1 aromatic rings.